The molecule has 166 valence electrons. The van der Waals surface area contributed by atoms with Crippen LogP contribution in [0, 0.1) is 6.92 Å². The van der Waals surface area contributed by atoms with Gasteiger partial charge in [-0.3, -0.25) is 0 Å². The molecule has 4 rings (SSSR count). The number of aryl methyl sites for hydroxylation is 1. The van der Waals surface area contributed by atoms with E-state index in [0.717, 1.165) is 28.3 Å². The normalized spacial score (nSPS) is 11.5. The third-order valence-corrected chi connectivity index (χ3v) is 5.88. The number of benzene rings is 3. The molecule has 0 aliphatic rings. The second-order valence-corrected chi connectivity index (χ2v) is 8.24. The van der Waals surface area contributed by atoms with Gasteiger partial charge in [-0.15, -0.1) is 0 Å². The molecular weight excluding hydrogens is 459 g/mol. The van der Waals surface area contributed by atoms with E-state index in [1.165, 1.54) is 0 Å². The lowest BCUT2D eigenvalue weighted by atomic mass is 10.0. The van der Waals surface area contributed by atoms with Gasteiger partial charge in [0, 0.05) is 5.56 Å². The molecule has 0 spiro atoms. The van der Waals surface area contributed by atoms with Crippen LogP contribution >= 0.6 is 23.2 Å². The molecule has 0 fully saturated rings. The number of hydrogen-bond acceptors (Lipinski definition) is 3. The Kier molecular flexibility index (Phi) is 6.54. The highest BCUT2D eigenvalue weighted by Crippen LogP contribution is 2.31. The van der Waals surface area contributed by atoms with E-state index in [9.17, 15) is 9.90 Å². The number of hydrogen-bond donors (Lipinski definition) is 1. The van der Waals surface area contributed by atoms with Crippen molar-refractivity contribution in [1.82, 2.24) is 9.78 Å². The average Bonchev–Trinajstić information content (AvgIpc) is 3.24. The van der Waals surface area contributed by atoms with Gasteiger partial charge in [-0.25, -0.2) is 9.48 Å². The summed E-state index contributed by atoms with van der Waals surface area (Å²) in [7, 11) is 1.60. The summed E-state index contributed by atoms with van der Waals surface area (Å²) in [6, 6.07) is 21.9. The molecule has 0 aliphatic carbocycles. The number of ether oxygens (including phenoxy) is 1. The monoisotopic (exact) mass is 478 g/mol. The molecular formula is C26H20Cl2N2O3. The Bertz CT molecular complexity index is 1340. The smallest absolute Gasteiger partial charge is 0.336 e. The van der Waals surface area contributed by atoms with Crippen LogP contribution in [0.15, 0.2) is 72.8 Å². The molecule has 3 aromatic carbocycles. The van der Waals surface area contributed by atoms with E-state index in [-0.39, 0.29) is 5.57 Å². The molecule has 1 aromatic heterocycles. The van der Waals surface area contributed by atoms with Gasteiger partial charge in [-0.1, -0.05) is 59.1 Å². The number of aromatic nitrogens is 2. The van der Waals surface area contributed by atoms with Crippen molar-refractivity contribution < 1.29 is 14.6 Å². The molecule has 0 bridgehead atoms. The Labute approximate surface area is 201 Å². The van der Waals surface area contributed by atoms with Crippen molar-refractivity contribution in [2.24, 2.45) is 0 Å². The van der Waals surface area contributed by atoms with Crippen LogP contribution < -0.4 is 4.74 Å². The lowest BCUT2D eigenvalue weighted by Crippen LogP contribution is -2.01. The van der Waals surface area contributed by atoms with Gasteiger partial charge in [0.25, 0.3) is 0 Å². The molecule has 0 aliphatic heterocycles. The average molecular weight is 479 g/mol. The summed E-state index contributed by atoms with van der Waals surface area (Å²) < 4.78 is 6.99. The van der Waals surface area contributed by atoms with Crippen molar-refractivity contribution >= 4 is 40.8 Å². The van der Waals surface area contributed by atoms with Crippen LogP contribution in [0.5, 0.6) is 5.75 Å². The minimum Gasteiger partial charge on any atom is -0.497 e. The summed E-state index contributed by atoms with van der Waals surface area (Å²) in [5, 5.41) is 15.4. The molecule has 0 amide bonds. The molecule has 0 saturated carbocycles. The Morgan fingerprint density at radius 3 is 2.27 bits per heavy atom. The van der Waals surface area contributed by atoms with E-state index in [4.69, 9.17) is 27.9 Å². The number of halogens is 2. The maximum atomic E-state index is 12.0. The molecule has 7 heteroatoms. The Morgan fingerprint density at radius 2 is 1.67 bits per heavy atom. The van der Waals surface area contributed by atoms with Gasteiger partial charge in [0.1, 0.15) is 5.75 Å². The molecule has 33 heavy (non-hydrogen) atoms. The van der Waals surface area contributed by atoms with Crippen molar-refractivity contribution in [3.8, 4) is 22.7 Å². The fourth-order valence-corrected chi connectivity index (χ4v) is 3.70. The molecule has 1 heterocycles. The van der Waals surface area contributed by atoms with Gasteiger partial charge >= 0.3 is 5.97 Å². The van der Waals surface area contributed by atoms with Gasteiger partial charge in [0.05, 0.1) is 39.8 Å². The predicted molar refractivity (Wildman–Crippen MR) is 132 cm³/mol. The van der Waals surface area contributed by atoms with Gasteiger partial charge in [0.2, 0.25) is 0 Å². The van der Waals surface area contributed by atoms with E-state index >= 15 is 0 Å². The SMILES string of the molecule is COc1ccc(-n2nc(/C=C(/C(=O)O)c3ccc(C)cc3)cc2-c2ccc(Cl)c(Cl)c2)cc1. The molecule has 0 radical (unpaired) electrons. The van der Waals surface area contributed by atoms with E-state index < -0.39 is 5.97 Å². The van der Waals surface area contributed by atoms with Gasteiger partial charge in [0.15, 0.2) is 0 Å². The summed E-state index contributed by atoms with van der Waals surface area (Å²) >= 11 is 12.4. The summed E-state index contributed by atoms with van der Waals surface area (Å²) in [6.07, 6.45) is 1.56. The number of nitrogens with zero attached hydrogens (tertiary/aromatic N) is 2. The number of carbonyl (C=O) groups is 1. The fourth-order valence-electron chi connectivity index (χ4n) is 3.40. The van der Waals surface area contributed by atoms with Gasteiger partial charge < -0.3 is 9.84 Å². The first-order valence-electron chi connectivity index (χ1n) is 10.1. The largest absolute Gasteiger partial charge is 0.497 e. The van der Waals surface area contributed by atoms with Crippen molar-refractivity contribution in [3.63, 3.8) is 0 Å². The zero-order chi connectivity index (χ0) is 23.5. The predicted octanol–water partition coefficient (Wildman–Crippen LogP) is 6.79. The highest BCUT2D eigenvalue weighted by atomic mass is 35.5. The summed E-state index contributed by atoms with van der Waals surface area (Å²) in [5.74, 6) is -0.316. The van der Waals surface area contributed by atoms with Crippen molar-refractivity contribution in [3.05, 3.63) is 99.7 Å². The van der Waals surface area contributed by atoms with Crippen LogP contribution in [0.3, 0.4) is 0 Å². The summed E-state index contributed by atoms with van der Waals surface area (Å²) in [4.78, 5) is 12.0. The van der Waals surface area contributed by atoms with Crippen molar-refractivity contribution in [2.75, 3.05) is 7.11 Å². The summed E-state index contributed by atoms with van der Waals surface area (Å²) in [6.45, 7) is 1.95. The number of methoxy groups -OCH3 is 1. The van der Waals surface area contributed by atoms with Crippen molar-refractivity contribution in [2.45, 2.75) is 6.92 Å². The summed E-state index contributed by atoms with van der Waals surface area (Å²) in [5.41, 5.74) is 4.60. The quantitative estimate of drug-likeness (QED) is 0.310. The number of aliphatic carboxylic acids is 1. The van der Waals surface area contributed by atoms with E-state index in [2.05, 4.69) is 5.10 Å². The minimum absolute atomic E-state index is 0.148. The molecule has 0 unspecified atom stereocenters. The fraction of sp³-hybridized carbons (Fsp3) is 0.0769. The number of carboxylic acids is 1. The topological polar surface area (TPSA) is 64.4 Å². The molecule has 5 nitrogen and oxygen atoms in total. The van der Waals surface area contributed by atoms with E-state index in [1.54, 1.807) is 42.1 Å². The minimum atomic E-state index is -1.03. The van der Waals surface area contributed by atoms with Crippen LogP contribution in [-0.2, 0) is 4.79 Å². The van der Waals surface area contributed by atoms with Crippen molar-refractivity contribution in [1.29, 1.82) is 0 Å². The number of rotatable bonds is 6. The van der Waals surface area contributed by atoms with Crippen LogP contribution in [0.1, 0.15) is 16.8 Å². The maximum Gasteiger partial charge on any atom is 0.336 e. The second kappa shape index (κ2) is 9.53. The molecule has 4 aromatic rings. The first kappa shape index (κ1) is 22.6. The highest BCUT2D eigenvalue weighted by molar-refractivity contribution is 6.42. The zero-order valence-electron chi connectivity index (χ0n) is 17.9. The zero-order valence-corrected chi connectivity index (χ0v) is 19.4. The second-order valence-electron chi connectivity index (χ2n) is 7.42. The third kappa shape index (κ3) is 4.95. The number of carboxylic acid groups (broad SMARTS) is 1. The van der Waals surface area contributed by atoms with Crippen LogP contribution in [0.25, 0.3) is 28.6 Å². The highest BCUT2D eigenvalue weighted by Gasteiger charge is 2.16. The van der Waals surface area contributed by atoms with Crippen LogP contribution in [0.2, 0.25) is 10.0 Å². The molecule has 1 N–H and O–H groups in total. The maximum absolute atomic E-state index is 12.0. The molecule has 0 atom stereocenters. The standard InChI is InChI=1S/C26H20Cl2N2O3/c1-16-3-5-17(6-4-16)22(26(31)32)14-19-15-25(18-7-12-23(27)24(28)13-18)30(29-19)20-8-10-21(33-2)11-9-20/h3-15H,1-2H3,(H,31,32)/b22-14+. The Balaban J connectivity index is 1.87. The molecule has 0 saturated heterocycles. The van der Waals surface area contributed by atoms with Crippen LogP contribution in [-0.4, -0.2) is 28.0 Å². The van der Waals surface area contributed by atoms with Crippen LogP contribution in [0.4, 0.5) is 0 Å². The Hall–Kier alpha value is -3.54. The third-order valence-electron chi connectivity index (χ3n) is 5.15. The van der Waals surface area contributed by atoms with Gasteiger partial charge in [-0.05, 0) is 61.0 Å². The lowest BCUT2D eigenvalue weighted by Gasteiger charge is -2.09. The van der Waals surface area contributed by atoms with E-state index in [0.29, 0.717) is 21.3 Å². The Morgan fingerprint density at radius 1 is 0.970 bits per heavy atom. The first-order valence-corrected chi connectivity index (χ1v) is 10.8. The first-order chi connectivity index (χ1) is 15.9. The lowest BCUT2D eigenvalue weighted by molar-refractivity contribution is -0.130. The van der Waals surface area contributed by atoms with Gasteiger partial charge in [-0.2, -0.15) is 5.10 Å². The van der Waals surface area contributed by atoms with E-state index in [1.807, 2.05) is 55.5 Å².